The number of aliphatic hydroxyl groups excluding tert-OH is 1. The van der Waals surface area contributed by atoms with Crippen LogP contribution in [0.4, 0.5) is 0 Å². The van der Waals surface area contributed by atoms with E-state index in [1.807, 2.05) is 4.90 Å². The third-order valence-corrected chi connectivity index (χ3v) is 8.49. The molecule has 0 saturated carbocycles. The molecule has 0 unspecified atom stereocenters. The maximum Gasteiger partial charge on any atom is 0.302 e. The van der Waals surface area contributed by atoms with Crippen molar-refractivity contribution in [1.82, 2.24) is 9.80 Å². The van der Waals surface area contributed by atoms with E-state index in [4.69, 9.17) is 14.2 Å². The van der Waals surface area contributed by atoms with Crippen LogP contribution in [-0.2, 0) is 38.2 Å². The first-order valence-corrected chi connectivity index (χ1v) is 12.4. The minimum absolute atomic E-state index is 0.0297. The van der Waals surface area contributed by atoms with Gasteiger partial charge in [0.15, 0.2) is 23.1 Å². The van der Waals surface area contributed by atoms with Crippen molar-refractivity contribution in [1.29, 1.82) is 0 Å². The van der Waals surface area contributed by atoms with Crippen LogP contribution < -0.4 is 0 Å². The van der Waals surface area contributed by atoms with E-state index in [-0.39, 0.29) is 70.4 Å². The summed E-state index contributed by atoms with van der Waals surface area (Å²) in [4.78, 5) is 69.3. The molecule has 1 fully saturated rings. The molecule has 1 N–H and O–H groups in total. The minimum atomic E-state index is -1.19. The van der Waals surface area contributed by atoms with Gasteiger partial charge in [-0.15, -0.1) is 0 Å². The average Bonchev–Trinajstić information content (AvgIpc) is 2.87. The minimum Gasteiger partial charge on any atom is -0.492 e. The zero-order valence-electron chi connectivity index (χ0n) is 22.1. The number of fused-ring (bicyclic) bond motifs is 5. The third kappa shape index (κ3) is 3.41. The van der Waals surface area contributed by atoms with Gasteiger partial charge in [-0.1, -0.05) is 0 Å². The van der Waals surface area contributed by atoms with Crippen LogP contribution in [0, 0.1) is 0 Å². The second-order valence-corrected chi connectivity index (χ2v) is 10.2. The molecule has 0 amide bonds. The largest absolute Gasteiger partial charge is 0.492 e. The monoisotopic (exact) mass is 526 g/mol. The van der Waals surface area contributed by atoms with E-state index in [9.17, 15) is 29.1 Å². The molecule has 0 aromatic rings. The molecule has 5 aliphatic rings. The smallest absolute Gasteiger partial charge is 0.302 e. The number of nitrogens with zero attached hydrogens (tertiary/aromatic N) is 2. The van der Waals surface area contributed by atoms with Gasteiger partial charge in [0.1, 0.15) is 12.8 Å². The van der Waals surface area contributed by atoms with Crippen LogP contribution in [0.1, 0.15) is 33.6 Å². The van der Waals surface area contributed by atoms with Gasteiger partial charge >= 0.3 is 5.97 Å². The summed E-state index contributed by atoms with van der Waals surface area (Å²) in [6, 6.07) is -2.93. The highest BCUT2D eigenvalue weighted by Gasteiger charge is 2.59. The van der Waals surface area contributed by atoms with E-state index in [1.165, 1.54) is 28.1 Å². The molecule has 3 heterocycles. The van der Waals surface area contributed by atoms with Gasteiger partial charge in [-0.3, -0.25) is 33.8 Å². The Morgan fingerprint density at radius 3 is 1.89 bits per heavy atom. The van der Waals surface area contributed by atoms with E-state index in [2.05, 4.69) is 0 Å². The summed E-state index contributed by atoms with van der Waals surface area (Å²) < 4.78 is 15.9. The standard InChI is InChI=1S/C27H30N2O9/c1-10-21(31)13-7-15-20-19-14(22(32)11(2)26(37-6)24(19)34)8-16(28(20)4)27(35)29(15)17(9-38-12(3)30)18(13)23(33)25(10)36-5/h15-17,20,27,35H,7-9H2,1-6H3/t15-,16-,17-,20-,27-/m0/s1. The fourth-order valence-corrected chi connectivity index (χ4v) is 6.78. The summed E-state index contributed by atoms with van der Waals surface area (Å²) in [7, 11) is 4.41. The number of Topliss-reactive ketones (excluding diaryl/α,β-unsaturated/α-hetero) is 4. The molecule has 2 bridgehead atoms. The Balaban J connectivity index is 1.69. The van der Waals surface area contributed by atoms with Gasteiger partial charge in [-0.2, -0.15) is 0 Å². The van der Waals surface area contributed by atoms with Crippen LogP contribution in [0.2, 0.25) is 0 Å². The maximum absolute atomic E-state index is 13.7. The quantitative estimate of drug-likeness (QED) is 0.395. The Morgan fingerprint density at radius 2 is 1.37 bits per heavy atom. The Labute approximate surface area is 219 Å². The molecule has 5 rings (SSSR count). The van der Waals surface area contributed by atoms with Crippen LogP contribution >= 0.6 is 0 Å². The number of ketones is 4. The van der Waals surface area contributed by atoms with Crippen molar-refractivity contribution in [3.05, 3.63) is 45.0 Å². The molecule has 0 aromatic carbocycles. The first-order valence-electron chi connectivity index (χ1n) is 12.4. The molecule has 3 aliphatic heterocycles. The topological polar surface area (TPSA) is 140 Å². The predicted molar refractivity (Wildman–Crippen MR) is 130 cm³/mol. The lowest BCUT2D eigenvalue weighted by atomic mass is 9.68. The van der Waals surface area contributed by atoms with Crippen molar-refractivity contribution < 1.29 is 43.3 Å². The van der Waals surface area contributed by atoms with Gasteiger partial charge < -0.3 is 19.3 Å². The second kappa shape index (κ2) is 9.11. The van der Waals surface area contributed by atoms with Crippen LogP contribution in [-0.4, -0.2) is 102 Å². The second-order valence-electron chi connectivity index (χ2n) is 10.2. The number of carbonyl (C=O) groups is 5. The zero-order chi connectivity index (χ0) is 27.8. The fraction of sp³-hybridized carbons (Fsp3) is 0.519. The molecule has 38 heavy (non-hydrogen) atoms. The summed E-state index contributed by atoms with van der Waals surface area (Å²) in [5, 5.41) is 11.7. The number of aliphatic hydroxyl groups is 1. The molecule has 11 nitrogen and oxygen atoms in total. The summed E-state index contributed by atoms with van der Waals surface area (Å²) in [6.45, 7) is 3.99. The summed E-state index contributed by atoms with van der Waals surface area (Å²) in [6.07, 6.45) is -1.05. The fourth-order valence-electron chi connectivity index (χ4n) is 6.78. The van der Waals surface area contributed by atoms with E-state index in [0.29, 0.717) is 5.57 Å². The molecule has 0 radical (unpaired) electrons. The molecule has 11 heteroatoms. The third-order valence-electron chi connectivity index (χ3n) is 8.49. The highest BCUT2D eigenvalue weighted by Crippen LogP contribution is 2.48. The number of ether oxygens (including phenoxy) is 3. The Morgan fingerprint density at radius 1 is 0.868 bits per heavy atom. The molecule has 0 spiro atoms. The van der Waals surface area contributed by atoms with E-state index >= 15 is 0 Å². The van der Waals surface area contributed by atoms with Gasteiger partial charge in [-0.25, -0.2) is 0 Å². The highest BCUT2D eigenvalue weighted by molar-refractivity contribution is 6.26. The lowest BCUT2D eigenvalue weighted by Crippen LogP contribution is -2.74. The first-order chi connectivity index (χ1) is 18.0. The molecule has 0 aromatic heterocycles. The molecular formula is C27H30N2O9. The van der Waals surface area contributed by atoms with Crippen molar-refractivity contribution >= 4 is 29.1 Å². The summed E-state index contributed by atoms with van der Waals surface area (Å²) in [5.41, 5.74) is 1.32. The number of piperazine rings is 1. The average molecular weight is 527 g/mol. The van der Waals surface area contributed by atoms with Gasteiger partial charge in [0, 0.05) is 46.4 Å². The number of rotatable bonds is 4. The number of methoxy groups -OCH3 is 2. The van der Waals surface area contributed by atoms with Gasteiger partial charge in [0.25, 0.3) is 0 Å². The maximum atomic E-state index is 13.7. The number of esters is 1. The Bertz CT molecular complexity index is 1330. The number of carbonyl (C=O) groups excluding carboxylic acids is 5. The van der Waals surface area contributed by atoms with Crippen LogP contribution in [0.3, 0.4) is 0 Å². The van der Waals surface area contributed by atoms with Crippen LogP contribution in [0.25, 0.3) is 0 Å². The van der Waals surface area contributed by atoms with E-state index in [0.717, 1.165) is 0 Å². The van der Waals surface area contributed by atoms with E-state index in [1.54, 1.807) is 18.9 Å². The lowest BCUT2D eigenvalue weighted by molar-refractivity contribution is -0.171. The first kappa shape index (κ1) is 26.2. The molecule has 1 saturated heterocycles. The number of hydrogen-bond donors (Lipinski definition) is 1. The van der Waals surface area contributed by atoms with E-state index < -0.39 is 47.9 Å². The van der Waals surface area contributed by atoms with Gasteiger partial charge in [0.2, 0.25) is 11.6 Å². The Hall–Kier alpha value is -3.41. The SMILES string of the molecule is COC1=C(C)C(=O)C2=C(C1=O)[C@@H]1[C@@H]3CC4=C(C(=O)C(OC)=C(C)C4=O)[C@H](COC(C)=O)N3[C@@H](O)[C@H](C2)N1C. The van der Waals surface area contributed by atoms with Crippen molar-refractivity contribution in [2.24, 2.45) is 0 Å². The highest BCUT2D eigenvalue weighted by atomic mass is 16.5. The van der Waals surface area contributed by atoms with Gasteiger partial charge in [-0.05, 0) is 33.7 Å². The van der Waals surface area contributed by atoms with Crippen LogP contribution in [0.15, 0.2) is 45.0 Å². The molecular weight excluding hydrogens is 496 g/mol. The number of hydrogen-bond acceptors (Lipinski definition) is 11. The van der Waals surface area contributed by atoms with Crippen molar-refractivity contribution in [2.75, 3.05) is 27.9 Å². The number of allylic oxidation sites excluding steroid dienone is 4. The predicted octanol–water partition coefficient (Wildman–Crippen LogP) is 0.135. The normalized spacial score (nSPS) is 31.9. The lowest BCUT2D eigenvalue weighted by Gasteiger charge is -2.60. The van der Waals surface area contributed by atoms with Crippen molar-refractivity contribution in [3.63, 3.8) is 0 Å². The van der Waals surface area contributed by atoms with Crippen LogP contribution in [0.5, 0.6) is 0 Å². The van der Waals surface area contributed by atoms with Gasteiger partial charge in [0.05, 0.1) is 32.3 Å². The zero-order valence-corrected chi connectivity index (χ0v) is 22.1. The number of likely N-dealkylation sites (N-methyl/N-ethyl adjacent to an activating group) is 1. The molecule has 2 aliphatic carbocycles. The molecule has 202 valence electrons. The van der Waals surface area contributed by atoms with Crippen molar-refractivity contribution in [2.45, 2.75) is 64.0 Å². The molecule has 5 atom stereocenters. The summed E-state index contributed by atoms with van der Waals surface area (Å²) in [5.74, 6) is -2.31. The summed E-state index contributed by atoms with van der Waals surface area (Å²) >= 11 is 0. The van der Waals surface area contributed by atoms with Crippen molar-refractivity contribution in [3.8, 4) is 0 Å². The Kier molecular flexibility index (Phi) is 6.28.